The number of esters is 1. The molecular formula is C66H127NO5. The van der Waals surface area contributed by atoms with E-state index in [1.807, 2.05) is 0 Å². The fourth-order valence-corrected chi connectivity index (χ4v) is 10.3. The molecule has 0 heterocycles. The first-order chi connectivity index (χ1) is 35.5. The van der Waals surface area contributed by atoms with Crippen LogP contribution in [0.4, 0.5) is 0 Å². The number of unbranched alkanes of at least 4 members (excludes halogenated alkanes) is 47. The second kappa shape index (κ2) is 61.9. The molecule has 0 rings (SSSR count). The number of aliphatic hydroxyl groups excluding tert-OH is 2. The first-order valence-electron chi connectivity index (χ1n) is 32.6. The van der Waals surface area contributed by atoms with Crippen LogP contribution in [0.5, 0.6) is 0 Å². The van der Waals surface area contributed by atoms with E-state index in [0.29, 0.717) is 25.9 Å². The zero-order valence-corrected chi connectivity index (χ0v) is 48.7. The van der Waals surface area contributed by atoms with Crippen molar-refractivity contribution in [1.82, 2.24) is 5.32 Å². The highest BCUT2D eigenvalue weighted by atomic mass is 16.5. The van der Waals surface area contributed by atoms with Crippen LogP contribution >= 0.6 is 0 Å². The van der Waals surface area contributed by atoms with Gasteiger partial charge in [0.05, 0.1) is 25.4 Å². The smallest absolute Gasteiger partial charge is 0.305 e. The van der Waals surface area contributed by atoms with Gasteiger partial charge < -0.3 is 20.3 Å². The monoisotopic (exact) mass is 1010 g/mol. The molecule has 426 valence electrons. The van der Waals surface area contributed by atoms with Crippen LogP contribution in [0.25, 0.3) is 0 Å². The lowest BCUT2D eigenvalue weighted by Crippen LogP contribution is -2.45. The molecule has 72 heavy (non-hydrogen) atoms. The molecule has 2 atom stereocenters. The molecule has 0 fully saturated rings. The van der Waals surface area contributed by atoms with Crippen molar-refractivity contribution >= 4 is 11.9 Å². The molecule has 0 aromatic heterocycles. The van der Waals surface area contributed by atoms with E-state index in [1.165, 1.54) is 257 Å². The Morgan fingerprint density at radius 2 is 0.681 bits per heavy atom. The standard InChI is InChI=1S/C66H127NO5/c1-3-5-7-9-11-13-15-17-18-19-20-21-22-23-25-28-31-35-38-42-46-50-54-58-64(69)63(62-68)67-65(70)59-55-51-47-43-39-36-32-29-26-24-27-30-33-37-41-45-49-53-57-61-72-66(71)60-56-52-48-44-40-34-16-14-12-10-8-6-4-2/h30,33,37,41,63-64,68-69H,3-29,31-32,34-36,38-40,42-62H2,1-2H3,(H,67,70)/b33-30-,41-37-. The third-order valence-corrected chi connectivity index (χ3v) is 15.3. The Hall–Kier alpha value is -1.66. The highest BCUT2D eigenvalue weighted by molar-refractivity contribution is 5.76. The summed E-state index contributed by atoms with van der Waals surface area (Å²) < 4.78 is 5.45. The van der Waals surface area contributed by atoms with E-state index in [1.54, 1.807) is 0 Å². The molecule has 0 aliphatic heterocycles. The van der Waals surface area contributed by atoms with Crippen molar-refractivity contribution in [3.05, 3.63) is 24.3 Å². The van der Waals surface area contributed by atoms with Crippen molar-refractivity contribution < 1.29 is 24.5 Å². The van der Waals surface area contributed by atoms with Gasteiger partial charge in [0.15, 0.2) is 0 Å². The number of carbonyl (C=O) groups is 2. The largest absolute Gasteiger partial charge is 0.466 e. The van der Waals surface area contributed by atoms with Crippen molar-refractivity contribution in [1.29, 1.82) is 0 Å². The molecule has 0 radical (unpaired) electrons. The Morgan fingerprint density at radius 3 is 1.03 bits per heavy atom. The molecule has 0 aliphatic carbocycles. The Kier molecular flexibility index (Phi) is 60.5. The van der Waals surface area contributed by atoms with E-state index in [2.05, 4.69) is 43.5 Å². The Balaban J connectivity index is 3.46. The summed E-state index contributed by atoms with van der Waals surface area (Å²) in [6.45, 7) is 4.94. The van der Waals surface area contributed by atoms with Crippen LogP contribution in [-0.4, -0.2) is 47.4 Å². The third-order valence-electron chi connectivity index (χ3n) is 15.3. The lowest BCUT2D eigenvalue weighted by Gasteiger charge is -2.22. The molecule has 3 N–H and O–H groups in total. The Morgan fingerprint density at radius 1 is 0.389 bits per heavy atom. The van der Waals surface area contributed by atoms with Gasteiger partial charge in [0.2, 0.25) is 5.91 Å². The molecule has 0 saturated heterocycles. The van der Waals surface area contributed by atoms with Gasteiger partial charge in [-0.1, -0.05) is 314 Å². The lowest BCUT2D eigenvalue weighted by molar-refractivity contribution is -0.143. The average molecular weight is 1010 g/mol. The quantitative estimate of drug-likeness (QED) is 0.0320. The molecule has 0 spiro atoms. The molecule has 0 bridgehead atoms. The number of carbonyl (C=O) groups excluding carboxylic acids is 2. The molecule has 0 aromatic rings. The van der Waals surface area contributed by atoms with Crippen LogP contribution in [-0.2, 0) is 14.3 Å². The number of amides is 1. The summed E-state index contributed by atoms with van der Waals surface area (Å²) in [5, 5.41) is 23.4. The minimum Gasteiger partial charge on any atom is -0.466 e. The number of allylic oxidation sites excluding steroid dienone is 4. The SMILES string of the molecule is CCCCCCCCCCCCCCCCCCCCCCCCCC(O)C(CO)NC(=O)CCCCCCCCCCCC/C=C\C=C/CCCCCOC(=O)CCCCCCCCCCCCCCC. The van der Waals surface area contributed by atoms with E-state index >= 15 is 0 Å². The van der Waals surface area contributed by atoms with Gasteiger partial charge in [-0.3, -0.25) is 9.59 Å². The number of hydrogen-bond donors (Lipinski definition) is 3. The highest BCUT2D eigenvalue weighted by Crippen LogP contribution is 2.18. The summed E-state index contributed by atoms with van der Waals surface area (Å²) in [6.07, 6.45) is 76.3. The number of nitrogens with one attached hydrogen (secondary N) is 1. The first-order valence-corrected chi connectivity index (χ1v) is 32.6. The number of hydrogen-bond acceptors (Lipinski definition) is 5. The van der Waals surface area contributed by atoms with E-state index in [0.717, 1.165) is 70.6 Å². The van der Waals surface area contributed by atoms with E-state index in [9.17, 15) is 19.8 Å². The predicted octanol–water partition coefficient (Wildman–Crippen LogP) is 20.6. The van der Waals surface area contributed by atoms with Crippen LogP contribution in [0.3, 0.4) is 0 Å². The first kappa shape index (κ1) is 70.3. The number of ether oxygens (including phenoxy) is 1. The molecule has 6 nitrogen and oxygen atoms in total. The maximum atomic E-state index is 12.5. The summed E-state index contributed by atoms with van der Waals surface area (Å²) in [6, 6.07) is -0.550. The second-order valence-corrected chi connectivity index (χ2v) is 22.5. The molecule has 1 amide bonds. The maximum absolute atomic E-state index is 12.5. The molecule has 0 aliphatic rings. The fraction of sp³-hybridized carbons (Fsp3) is 0.909. The third kappa shape index (κ3) is 57.6. The van der Waals surface area contributed by atoms with Crippen LogP contribution < -0.4 is 5.32 Å². The summed E-state index contributed by atoms with van der Waals surface area (Å²) in [5.74, 6) is -0.0518. The van der Waals surface area contributed by atoms with Crippen LogP contribution in [0.2, 0.25) is 0 Å². The van der Waals surface area contributed by atoms with E-state index < -0.39 is 12.1 Å². The van der Waals surface area contributed by atoms with E-state index in [4.69, 9.17) is 4.74 Å². The van der Waals surface area contributed by atoms with Crippen LogP contribution in [0, 0.1) is 0 Å². The summed E-state index contributed by atoms with van der Waals surface area (Å²) in [5.41, 5.74) is 0. The number of aliphatic hydroxyl groups is 2. The molecular weight excluding hydrogens is 887 g/mol. The topological polar surface area (TPSA) is 95.9 Å². The zero-order chi connectivity index (χ0) is 52.2. The summed E-state index contributed by atoms with van der Waals surface area (Å²) in [4.78, 5) is 24.6. The van der Waals surface area contributed by atoms with Crippen molar-refractivity contribution in [3.8, 4) is 0 Å². The molecule has 0 saturated carbocycles. The van der Waals surface area contributed by atoms with Gasteiger partial charge in [-0.25, -0.2) is 0 Å². The lowest BCUT2D eigenvalue weighted by atomic mass is 10.0. The van der Waals surface area contributed by atoms with Crippen LogP contribution in [0.15, 0.2) is 24.3 Å². The summed E-state index contributed by atoms with van der Waals surface area (Å²) >= 11 is 0. The van der Waals surface area contributed by atoms with Gasteiger partial charge in [-0.15, -0.1) is 0 Å². The highest BCUT2D eigenvalue weighted by Gasteiger charge is 2.20. The fourth-order valence-electron chi connectivity index (χ4n) is 10.3. The van der Waals surface area contributed by atoms with Crippen LogP contribution in [0.1, 0.15) is 361 Å². The predicted molar refractivity (Wildman–Crippen MR) is 315 cm³/mol. The Bertz CT molecular complexity index is 1120. The van der Waals surface area contributed by atoms with Gasteiger partial charge in [0.25, 0.3) is 0 Å². The number of rotatable bonds is 61. The van der Waals surface area contributed by atoms with E-state index in [-0.39, 0.29) is 18.5 Å². The zero-order valence-electron chi connectivity index (χ0n) is 48.7. The van der Waals surface area contributed by atoms with Gasteiger partial charge in [-0.2, -0.15) is 0 Å². The van der Waals surface area contributed by atoms with Crippen molar-refractivity contribution in [2.75, 3.05) is 13.2 Å². The van der Waals surface area contributed by atoms with Gasteiger partial charge >= 0.3 is 5.97 Å². The van der Waals surface area contributed by atoms with Crippen molar-refractivity contribution in [2.24, 2.45) is 0 Å². The van der Waals surface area contributed by atoms with Crippen molar-refractivity contribution in [3.63, 3.8) is 0 Å². The summed E-state index contributed by atoms with van der Waals surface area (Å²) in [7, 11) is 0. The Labute approximate surface area is 450 Å². The molecule has 2 unspecified atom stereocenters. The van der Waals surface area contributed by atoms with Gasteiger partial charge in [-0.05, 0) is 57.8 Å². The molecule has 6 heteroatoms. The average Bonchev–Trinajstić information content (AvgIpc) is 3.38. The minimum absolute atomic E-state index is 0.0110. The minimum atomic E-state index is -0.672. The maximum Gasteiger partial charge on any atom is 0.305 e. The van der Waals surface area contributed by atoms with Gasteiger partial charge in [0, 0.05) is 12.8 Å². The van der Waals surface area contributed by atoms with Crippen molar-refractivity contribution in [2.45, 2.75) is 373 Å². The van der Waals surface area contributed by atoms with Gasteiger partial charge in [0.1, 0.15) is 0 Å². The molecule has 0 aromatic carbocycles. The normalized spacial score (nSPS) is 12.7. The second-order valence-electron chi connectivity index (χ2n) is 22.5.